The van der Waals surface area contributed by atoms with Gasteiger partial charge in [-0.25, -0.2) is 4.79 Å². The van der Waals surface area contributed by atoms with Crippen LogP contribution in [0.2, 0.25) is 0 Å². The first-order chi connectivity index (χ1) is 10.9. The highest BCUT2D eigenvalue weighted by Crippen LogP contribution is 2.39. The van der Waals surface area contributed by atoms with E-state index >= 15 is 0 Å². The molecule has 0 aromatic heterocycles. The minimum Gasteiger partial charge on any atom is -0.487 e. The minimum absolute atomic E-state index is 0.00191. The molecule has 1 atom stereocenters. The third kappa shape index (κ3) is 3.98. The van der Waals surface area contributed by atoms with Gasteiger partial charge < -0.3 is 15.4 Å². The third-order valence-electron chi connectivity index (χ3n) is 4.87. The predicted octanol–water partition coefficient (Wildman–Crippen LogP) is 4.23. The summed E-state index contributed by atoms with van der Waals surface area (Å²) in [6.45, 7) is 6.21. The first-order valence-corrected chi connectivity index (χ1v) is 8.79. The smallest absolute Gasteiger partial charge is 0.315 e. The Balaban J connectivity index is 1.70. The van der Waals surface area contributed by atoms with Crippen LogP contribution in [-0.2, 0) is 0 Å². The monoisotopic (exact) mass is 316 g/mol. The lowest BCUT2D eigenvalue weighted by molar-refractivity contribution is 0.0677. The van der Waals surface area contributed by atoms with Crippen LogP contribution in [0.4, 0.5) is 4.79 Å². The molecule has 3 rings (SSSR count). The van der Waals surface area contributed by atoms with Crippen LogP contribution in [0, 0.1) is 6.92 Å². The van der Waals surface area contributed by atoms with Gasteiger partial charge in [-0.05, 0) is 45.2 Å². The van der Waals surface area contributed by atoms with Crippen LogP contribution in [0.5, 0.6) is 5.75 Å². The average molecular weight is 316 g/mol. The Labute approximate surface area is 139 Å². The van der Waals surface area contributed by atoms with Crippen molar-refractivity contribution < 1.29 is 9.53 Å². The number of aryl methyl sites for hydroxylation is 1. The van der Waals surface area contributed by atoms with Gasteiger partial charge in [-0.15, -0.1) is 0 Å². The number of hydrogen-bond donors (Lipinski definition) is 2. The fourth-order valence-corrected chi connectivity index (χ4v) is 3.72. The van der Waals surface area contributed by atoms with Crippen molar-refractivity contribution in [1.29, 1.82) is 0 Å². The number of nitrogens with one attached hydrogen (secondary N) is 2. The zero-order valence-corrected chi connectivity index (χ0v) is 14.4. The molecule has 0 saturated heterocycles. The molecule has 1 aromatic rings. The second kappa shape index (κ2) is 6.42. The number of carbonyl (C=O) groups excluding carboxylic acids is 1. The van der Waals surface area contributed by atoms with Crippen molar-refractivity contribution in [2.75, 3.05) is 0 Å². The Morgan fingerprint density at radius 3 is 2.65 bits per heavy atom. The van der Waals surface area contributed by atoms with Crippen molar-refractivity contribution in [2.45, 2.75) is 77.0 Å². The van der Waals surface area contributed by atoms with Crippen LogP contribution in [-0.4, -0.2) is 17.7 Å². The molecule has 1 saturated carbocycles. The number of urea groups is 1. The van der Waals surface area contributed by atoms with Gasteiger partial charge in [-0.2, -0.15) is 0 Å². The molecule has 1 aliphatic carbocycles. The van der Waals surface area contributed by atoms with Gasteiger partial charge in [0.2, 0.25) is 0 Å². The highest BCUT2D eigenvalue weighted by molar-refractivity contribution is 5.75. The molecule has 0 bridgehead atoms. The number of benzene rings is 1. The molecule has 4 heteroatoms. The molecule has 2 N–H and O–H groups in total. The maximum absolute atomic E-state index is 12.4. The summed E-state index contributed by atoms with van der Waals surface area (Å²) in [6, 6.07) is 6.49. The third-order valence-corrected chi connectivity index (χ3v) is 4.87. The predicted molar refractivity (Wildman–Crippen MR) is 91.8 cm³/mol. The van der Waals surface area contributed by atoms with Crippen LogP contribution in [0.15, 0.2) is 18.2 Å². The fourth-order valence-electron chi connectivity index (χ4n) is 3.72. The normalized spacial score (nSPS) is 23.5. The molecular formula is C19H28N2O2. The van der Waals surface area contributed by atoms with Gasteiger partial charge in [0.15, 0.2) is 0 Å². The van der Waals surface area contributed by atoms with Gasteiger partial charge in [0.1, 0.15) is 11.4 Å². The lowest BCUT2D eigenvalue weighted by Gasteiger charge is -2.38. The standard InChI is InChI=1S/C19H28N2O2/c1-13-9-10-15-16(12-19(2,3)23-17(15)11-13)21-18(22)20-14-7-5-4-6-8-14/h9-11,14,16H,4-8,12H2,1-3H3,(H2,20,21,22). The molecule has 1 fully saturated rings. The largest absolute Gasteiger partial charge is 0.487 e. The van der Waals surface area contributed by atoms with Gasteiger partial charge in [0, 0.05) is 18.0 Å². The molecule has 23 heavy (non-hydrogen) atoms. The van der Waals surface area contributed by atoms with Gasteiger partial charge >= 0.3 is 6.03 Å². The van der Waals surface area contributed by atoms with Gasteiger partial charge in [-0.3, -0.25) is 0 Å². The van der Waals surface area contributed by atoms with E-state index < -0.39 is 0 Å². The SMILES string of the molecule is Cc1ccc2c(c1)OC(C)(C)CC2NC(=O)NC1CCCCC1. The van der Waals surface area contributed by atoms with E-state index in [1.54, 1.807) is 0 Å². The van der Waals surface area contributed by atoms with E-state index in [0.29, 0.717) is 6.04 Å². The number of rotatable bonds is 2. The van der Waals surface area contributed by atoms with Crippen LogP contribution < -0.4 is 15.4 Å². The lowest BCUT2D eigenvalue weighted by atomic mass is 9.89. The van der Waals surface area contributed by atoms with Crippen molar-refractivity contribution in [3.05, 3.63) is 29.3 Å². The zero-order chi connectivity index (χ0) is 16.4. The quantitative estimate of drug-likeness (QED) is 0.858. The summed E-state index contributed by atoms with van der Waals surface area (Å²) in [4.78, 5) is 12.4. The Kier molecular flexibility index (Phi) is 4.51. The van der Waals surface area contributed by atoms with Crippen molar-refractivity contribution >= 4 is 6.03 Å². The molecule has 1 aromatic carbocycles. The molecule has 1 heterocycles. The summed E-state index contributed by atoms with van der Waals surface area (Å²) in [7, 11) is 0. The van der Waals surface area contributed by atoms with Crippen LogP contribution in [0.1, 0.15) is 69.5 Å². The van der Waals surface area contributed by atoms with E-state index in [4.69, 9.17) is 4.74 Å². The second-order valence-corrected chi connectivity index (χ2v) is 7.61. The summed E-state index contributed by atoms with van der Waals surface area (Å²) in [5.74, 6) is 0.893. The van der Waals surface area contributed by atoms with Crippen molar-refractivity contribution in [3.63, 3.8) is 0 Å². The molecule has 0 radical (unpaired) electrons. The fraction of sp³-hybridized carbons (Fsp3) is 0.632. The topological polar surface area (TPSA) is 50.4 Å². The van der Waals surface area contributed by atoms with E-state index in [1.807, 2.05) is 0 Å². The minimum atomic E-state index is -0.274. The summed E-state index contributed by atoms with van der Waals surface area (Å²) < 4.78 is 6.09. The van der Waals surface area contributed by atoms with E-state index in [1.165, 1.54) is 24.8 Å². The molecular weight excluding hydrogens is 288 g/mol. The first kappa shape index (κ1) is 16.2. The van der Waals surface area contributed by atoms with Crippen LogP contribution in [0.25, 0.3) is 0 Å². The van der Waals surface area contributed by atoms with E-state index in [-0.39, 0.29) is 17.7 Å². The average Bonchev–Trinajstić information content (AvgIpc) is 2.46. The maximum Gasteiger partial charge on any atom is 0.315 e. The summed E-state index contributed by atoms with van der Waals surface area (Å²) in [5.41, 5.74) is 1.98. The number of hydrogen-bond acceptors (Lipinski definition) is 2. The zero-order valence-electron chi connectivity index (χ0n) is 14.4. The second-order valence-electron chi connectivity index (χ2n) is 7.61. The molecule has 2 amide bonds. The Morgan fingerprint density at radius 1 is 1.17 bits per heavy atom. The summed E-state index contributed by atoms with van der Waals surface area (Å²) in [6.07, 6.45) is 6.71. The van der Waals surface area contributed by atoms with Crippen LogP contribution in [0.3, 0.4) is 0 Å². The highest BCUT2D eigenvalue weighted by atomic mass is 16.5. The van der Waals surface area contributed by atoms with Crippen molar-refractivity contribution in [2.24, 2.45) is 0 Å². The van der Waals surface area contributed by atoms with E-state index in [9.17, 15) is 4.79 Å². The van der Waals surface area contributed by atoms with Crippen molar-refractivity contribution in [1.82, 2.24) is 10.6 Å². The number of ether oxygens (including phenoxy) is 1. The first-order valence-electron chi connectivity index (χ1n) is 8.79. The van der Waals surface area contributed by atoms with E-state index in [2.05, 4.69) is 49.6 Å². The number of carbonyl (C=O) groups is 1. The molecule has 1 unspecified atom stereocenters. The lowest BCUT2D eigenvalue weighted by Crippen LogP contribution is -2.47. The number of fused-ring (bicyclic) bond motifs is 1. The highest BCUT2D eigenvalue weighted by Gasteiger charge is 2.34. The van der Waals surface area contributed by atoms with E-state index in [0.717, 1.165) is 30.6 Å². The molecule has 0 spiro atoms. The Bertz CT molecular complexity index is 577. The molecule has 2 aliphatic rings. The number of amides is 2. The maximum atomic E-state index is 12.4. The van der Waals surface area contributed by atoms with Crippen LogP contribution >= 0.6 is 0 Å². The van der Waals surface area contributed by atoms with Gasteiger partial charge in [-0.1, -0.05) is 31.4 Å². The summed E-state index contributed by atoms with van der Waals surface area (Å²) in [5, 5.41) is 6.31. The Hall–Kier alpha value is -1.71. The van der Waals surface area contributed by atoms with Gasteiger partial charge in [0.05, 0.1) is 6.04 Å². The summed E-state index contributed by atoms with van der Waals surface area (Å²) >= 11 is 0. The Morgan fingerprint density at radius 2 is 1.91 bits per heavy atom. The van der Waals surface area contributed by atoms with Gasteiger partial charge in [0.25, 0.3) is 0 Å². The molecule has 4 nitrogen and oxygen atoms in total. The van der Waals surface area contributed by atoms with Crippen molar-refractivity contribution in [3.8, 4) is 5.75 Å². The molecule has 1 aliphatic heterocycles. The molecule has 126 valence electrons.